The van der Waals surface area contributed by atoms with Crippen molar-refractivity contribution in [1.29, 1.82) is 0 Å². The number of furan rings is 1. The van der Waals surface area contributed by atoms with E-state index in [-0.39, 0.29) is 5.91 Å². The largest absolute Gasteiger partial charge is 0.456 e. The number of nitrogens with zero attached hydrogens (tertiary/aromatic N) is 3. The van der Waals surface area contributed by atoms with Crippen molar-refractivity contribution in [2.75, 3.05) is 31.1 Å². The highest BCUT2D eigenvalue weighted by molar-refractivity contribution is 5.91. The van der Waals surface area contributed by atoms with Crippen LogP contribution in [0.2, 0.25) is 0 Å². The Morgan fingerprint density at radius 2 is 1.79 bits per heavy atom. The topological polar surface area (TPSA) is 49.6 Å². The molecule has 1 aromatic carbocycles. The summed E-state index contributed by atoms with van der Waals surface area (Å²) < 4.78 is 5.44. The molecule has 1 fully saturated rings. The summed E-state index contributed by atoms with van der Waals surface area (Å²) in [4.78, 5) is 21.2. The molecule has 0 N–H and O–H groups in total. The van der Waals surface area contributed by atoms with Crippen molar-refractivity contribution in [2.24, 2.45) is 0 Å². The normalized spacial score (nSPS) is 15.0. The summed E-state index contributed by atoms with van der Waals surface area (Å²) in [5.41, 5.74) is 1.000. The van der Waals surface area contributed by atoms with Gasteiger partial charge in [0.25, 0.3) is 5.91 Å². The van der Waals surface area contributed by atoms with Gasteiger partial charge < -0.3 is 14.2 Å². The number of anilines is 1. The molecular formula is C19H19N3O2. The van der Waals surface area contributed by atoms with Gasteiger partial charge in [0.15, 0.2) is 5.76 Å². The molecule has 1 saturated heterocycles. The van der Waals surface area contributed by atoms with Crippen molar-refractivity contribution in [3.05, 3.63) is 60.1 Å². The summed E-state index contributed by atoms with van der Waals surface area (Å²) in [5, 5.41) is 1.14. The highest BCUT2D eigenvalue weighted by Crippen LogP contribution is 2.20. The number of aryl methyl sites for hydroxylation is 1. The molecule has 0 unspecified atom stereocenters. The van der Waals surface area contributed by atoms with Crippen molar-refractivity contribution >= 4 is 22.6 Å². The monoisotopic (exact) mass is 321 g/mol. The summed E-state index contributed by atoms with van der Waals surface area (Å²) >= 11 is 0. The number of benzene rings is 1. The van der Waals surface area contributed by atoms with Gasteiger partial charge in [0.1, 0.15) is 11.6 Å². The first-order valence-corrected chi connectivity index (χ1v) is 8.17. The van der Waals surface area contributed by atoms with Crippen LogP contribution in [0.3, 0.4) is 0 Å². The molecule has 0 aliphatic carbocycles. The van der Waals surface area contributed by atoms with Crippen LogP contribution in [0.15, 0.2) is 52.9 Å². The van der Waals surface area contributed by atoms with Crippen molar-refractivity contribution in [2.45, 2.75) is 6.92 Å². The molecule has 0 atom stereocenters. The zero-order valence-corrected chi connectivity index (χ0v) is 13.6. The Labute approximate surface area is 140 Å². The van der Waals surface area contributed by atoms with Gasteiger partial charge in [0.2, 0.25) is 0 Å². The molecule has 3 heterocycles. The van der Waals surface area contributed by atoms with E-state index in [0.717, 1.165) is 35.6 Å². The van der Waals surface area contributed by atoms with Crippen LogP contribution >= 0.6 is 0 Å². The van der Waals surface area contributed by atoms with Gasteiger partial charge in [0, 0.05) is 31.6 Å². The first kappa shape index (κ1) is 14.8. The maximum Gasteiger partial charge on any atom is 0.289 e. The number of hydrogen-bond donors (Lipinski definition) is 0. The lowest BCUT2D eigenvalue weighted by Crippen LogP contribution is -2.49. The maximum atomic E-state index is 12.4. The van der Waals surface area contributed by atoms with E-state index in [1.54, 1.807) is 6.07 Å². The molecule has 1 amide bonds. The van der Waals surface area contributed by atoms with Gasteiger partial charge in [-0.05, 0) is 37.3 Å². The minimum absolute atomic E-state index is 0.0331. The zero-order chi connectivity index (χ0) is 16.5. The summed E-state index contributed by atoms with van der Waals surface area (Å²) in [5.74, 6) is 2.12. The second-order valence-electron chi connectivity index (χ2n) is 6.05. The molecule has 1 aliphatic rings. The highest BCUT2D eigenvalue weighted by atomic mass is 16.3. The molecule has 0 saturated carbocycles. The number of pyridine rings is 1. The third-order valence-corrected chi connectivity index (χ3v) is 4.43. The molecule has 122 valence electrons. The van der Waals surface area contributed by atoms with Gasteiger partial charge >= 0.3 is 0 Å². The number of hydrogen-bond acceptors (Lipinski definition) is 4. The van der Waals surface area contributed by atoms with Gasteiger partial charge in [-0.15, -0.1) is 0 Å². The quantitative estimate of drug-likeness (QED) is 0.728. The number of carbonyl (C=O) groups excluding carboxylic acids is 1. The van der Waals surface area contributed by atoms with E-state index in [1.165, 1.54) is 0 Å². The number of carbonyl (C=O) groups is 1. The zero-order valence-electron chi connectivity index (χ0n) is 13.6. The SMILES string of the molecule is Cc1ccc(C(=O)N2CCN(c3ccc4ccccc4n3)CC2)o1. The Morgan fingerprint density at radius 3 is 2.54 bits per heavy atom. The van der Waals surface area contributed by atoms with Crippen molar-refractivity contribution in [1.82, 2.24) is 9.88 Å². The van der Waals surface area contributed by atoms with Gasteiger partial charge in [-0.25, -0.2) is 4.98 Å². The number of amides is 1. The average Bonchev–Trinajstić information content (AvgIpc) is 3.07. The highest BCUT2D eigenvalue weighted by Gasteiger charge is 2.24. The van der Waals surface area contributed by atoms with Crippen LogP contribution < -0.4 is 4.90 Å². The molecule has 4 rings (SSSR count). The van der Waals surface area contributed by atoms with E-state index in [1.807, 2.05) is 36.1 Å². The molecule has 2 aromatic heterocycles. The predicted molar refractivity (Wildman–Crippen MR) is 93.3 cm³/mol. The fraction of sp³-hybridized carbons (Fsp3) is 0.263. The molecule has 0 radical (unpaired) electrons. The van der Waals surface area contributed by atoms with Crippen LogP contribution in [-0.4, -0.2) is 42.0 Å². The Hall–Kier alpha value is -2.82. The van der Waals surface area contributed by atoms with E-state index < -0.39 is 0 Å². The lowest BCUT2D eigenvalue weighted by Gasteiger charge is -2.35. The van der Waals surface area contributed by atoms with Crippen molar-refractivity contribution in [3.63, 3.8) is 0 Å². The van der Waals surface area contributed by atoms with E-state index in [4.69, 9.17) is 9.40 Å². The van der Waals surface area contributed by atoms with Crippen molar-refractivity contribution in [3.8, 4) is 0 Å². The maximum absolute atomic E-state index is 12.4. The van der Waals surface area contributed by atoms with Crippen molar-refractivity contribution < 1.29 is 9.21 Å². The Bertz CT molecular complexity index is 879. The number of aromatic nitrogens is 1. The van der Waals surface area contributed by atoms with Crippen LogP contribution in [-0.2, 0) is 0 Å². The van der Waals surface area contributed by atoms with Gasteiger partial charge in [-0.3, -0.25) is 4.79 Å². The van der Waals surface area contributed by atoms with Gasteiger partial charge in [-0.2, -0.15) is 0 Å². The number of piperazine rings is 1. The lowest BCUT2D eigenvalue weighted by atomic mass is 10.2. The van der Waals surface area contributed by atoms with Gasteiger partial charge in [0.05, 0.1) is 5.52 Å². The number of fused-ring (bicyclic) bond motifs is 1. The number of para-hydroxylation sites is 1. The predicted octanol–water partition coefficient (Wildman–Crippen LogP) is 3.10. The molecule has 24 heavy (non-hydrogen) atoms. The molecular weight excluding hydrogens is 302 g/mol. The first-order chi connectivity index (χ1) is 11.7. The second-order valence-corrected chi connectivity index (χ2v) is 6.05. The molecule has 1 aliphatic heterocycles. The average molecular weight is 321 g/mol. The lowest BCUT2D eigenvalue weighted by molar-refractivity contribution is 0.0713. The second kappa shape index (κ2) is 6.00. The Balaban J connectivity index is 1.46. The molecule has 3 aromatic rings. The Kier molecular flexibility index (Phi) is 3.69. The molecule has 5 nitrogen and oxygen atoms in total. The van der Waals surface area contributed by atoms with Crippen LogP contribution in [0, 0.1) is 6.92 Å². The third kappa shape index (κ3) is 2.73. The van der Waals surface area contributed by atoms with E-state index in [2.05, 4.69) is 23.1 Å². The van der Waals surface area contributed by atoms with E-state index >= 15 is 0 Å². The van der Waals surface area contributed by atoms with Crippen LogP contribution in [0.25, 0.3) is 10.9 Å². The summed E-state index contributed by atoms with van der Waals surface area (Å²) in [6.45, 7) is 4.74. The number of rotatable bonds is 2. The van der Waals surface area contributed by atoms with Crippen LogP contribution in [0.5, 0.6) is 0 Å². The fourth-order valence-corrected chi connectivity index (χ4v) is 3.08. The first-order valence-electron chi connectivity index (χ1n) is 8.17. The summed E-state index contributed by atoms with van der Waals surface area (Å²) in [6, 6.07) is 15.8. The minimum atomic E-state index is -0.0331. The third-order valence-electron chi connectivity index (χ3n) is 4.43. The smallest absolute Gasteiger partial charge is 0.289 e. The molecule has 0 spiro atoms. The van der Waals surface area contributed by atoms with E-state index in [9.17, 15) is 4.79 Å². The standard InChI is InChI=1S/C19H19N3O2/c1-14-6-8-17(24-14)19(23)22-12-10-21(11-13-22)18-9-7-15-4-2-3-5-16(15)20-18/h2-9H,10-13H2,1H3. The minimum Gasteiger partial charge on any atom is -0.456 e. The summed E-state index contributed by atoms with van der Waals surface area (Å²) in [6.07, 6.45) is 0. The van der Waals surface area contributed by atoms with Crippen LogP contribution in [0.1, 0.15) is 16.3 Å². The van der Waals surface area contributed by atoms with Crippen LogP contribution in [0.4, 0.5) is 5.82 Å². The Morgan fingerprint density at radius 1 is 1.00 bits per heavy atom. The summed E-state index contributed by atoms with van der Waals surface area (Å²) in [7, 11) is 0. The van der Waals surface area contributed by atoms with E-state index in [0.29, 0.717) is 18.8 Å². The molecule has 5 heteroatoms. The van der Waals surface area contributed by atoms with Gasteiger partial charge in [-0.1, -0.05) is 18.2 Å². The molecule has 0 bridgehead atoms. The fourth-order valence-electron chi connectivity index (χ4n) is 3.08.